The van der Waals surface area contributed by atoms with E-state index >= 15 is 0 Å². The van der Waals surface area contributed by atoms with Gasteiger partial charge in [0.05, 0.1) is 6.10 Å². The van der Waals surface area contributed by atoms with Gasteiger partial charge in [-0.3, -0.25) is 0 Å². The molecule has 1 rings (SSSR count). The Labute approximate surface area is 68.4 Å². The first-order valence-corrected chi connectivity index (χ1v) is 4.23. The highest BCUT2D eigenvalue weighted by molar-refractivity contribution is 4.78. The van der Waals surface area contributed by atoms with Crippen molar-refractivity contribution in [2.24, 2.45) is 5.92 Å². The quantitative estimate of drug-likeness (QED) is 0.570. The molecular formula is C8H18N2O. The van der Waals surface area contributed by atoms with Crippen LogP contribution >= 0.6 is 0 Å². The third-order valence-corrected chi connectivity index (χ3v) is 2.19. The van der Waals surface area contributed by atoms with Crippen LogP contribution in [0.15, 0.2) is 0 Å². The minimum Gasteiger partial charge on any atom is -0.391 e. The summed E-state index contributed by atoms with van der Waals surface area (Å²) in [6.07, 6.45) is 0.949. The monoisotopic (exact) mass is 158 g/mol. The van der Waals surface area contributed by atoms with Gasteiger partial charge in [0.2, 0.25) is 0 Å². The highest BCUT2D eigenvalue weighted by atomic mass is 16.3. The van der Waals surface area contributed by atoms with Gasteiger partial charge in [0.15, 0.2) is 0 Å². The molecule has 2 atom stereocenters. The molecule has 66 valence electrons. The van der Waals surface area contributed by atoms with Gasteiger partial charge in [-0.05, 0) is 33.0 Å². The number of aliphatic hydroxyl groups is 1. The van der Waals surface area contributed by atoms with Crippen LogP contribution in [0, 0.1) is 5.92 Å². The van der Waals surface area contributed by atoms with Crippen LogP contribution in [0.3, 0.4) is 0 Å². The van der Waals surface area contributed by atoms with E-state index in [0.717, 1.165) is 26.1 Å². The zero-order valence-electron chi connectivity index (χ0n) is 7.38. The smallest absolute Gasteiger partial charge is 0.0705 e. The summed E-state index contributed by atoms with van der Waals surface area (Å²) < 4.78 is 0. The van der Waals surface area contributed by atoms with Crippen molar-refractivity contribution in [2.45, 2.75) is 12.5 Å². The van der Waals surface area contributed by atoms with Crippen molar-refractivity contribution in [3.63, 3.8) is 0 Å². The Morgan fingerprint density at radius 1 is 1.55 bits per heavy atom. The zero-order chi connectivity index (χ0) is 8.27. The van der Waals surface area contributed by atoms with Crippen molar-refractivity contribution in [1.29, 1.82) is 0 Å². The molecule has 0 bridgehead atoms. The van der Waals surface area contributed by atoms with Crippen LogP contribution in [-0.2, 0) is 0 Å². The normalized spacial score (nSPS) is 32.7. The summed E-state index contributed by atoms with van der Waals surface area (Å²) in [5, 5.41) is 12.7. The fraction of sp³-hybridized carbons (Fsp3) is 1.00. The molecule has 3 heteroatoms. The Bertz CT molecular complexity index is 117. The van der Waals surface area contributed by atoms with Gasteiger partial charge < -0.3 is 15.3 Å². The standard InChI is InChI=1S/C8H18N2O/c1-10(2)6-7-3-4-9-5-8(7)11/h7-9,11H,3-6H2,1-2H3/t7-,8+/m1/s1. The second kappa shape index (κ2) is 4.04. The van der Waals surface area contributed by atoms with E-state index in [2.05, 4.69) is 24.3 Å². The molecule has 1 fully saturated rings. The predicted octanol–water partition coefficient (Wildman–Crippen LogP) is -0.482. The molecule has 0 aromatic rings. The molecular weight excluding hydrogens is 140 g/mol. The molecule has 0 amide bonds. The number of nitrogens with zero attached hydrogens (tertiary/aromatic N) is 1. The molecule has 0 spiro atoms. The lowest BCUT2D eigenvalue weighted by Crippen LogP contribution is -2.44. The van der Waals surface area contributed by atoms with Gasteiger partial charge >= 0.3 is 0 Å². The number of hydrogen-bond donors (Lipinski definition) is 2. The van der Waals surface area contributed by atoms with E-state index in [1.54, 1.807) is 0 Å². The molecule has 1 aliphatic heterocycles. The third-order valence-electron chi connectivity index (χ3n) is 2.19. The number of hydrogen-bond acceptors (Lipinski definition) is 3. The van der Waals surface area contributed by atoms with Crippen LogP contribution in [0.5, 0.6) is 0 Å². The average molecular weight is 158 g/mol. The lowest BCUT2D eigenvalue weighted by Gasteiger charge is -2.30. The Morgan fingerprint density at radius 3 is 2.82 bits per heavy atom. The molecule has 2 N–H and O–H groups in total. The number of piperidine rings is 1. The minimum absolute atomic E-state index is 0.147. The lowest BCUT2D eigenvalue weighted by molar-refractivity contribution is 0.0666. The third kappa shape index (κ3) is 2.77. The zero-order valence-corrected chi connectivity index (χ0v) is 7.38. The first-order valence-electron chi connectivity index (χ1n) is 4.23. The van der Waals surface area contributed by atoms with Gasteiger partial charge in [0.1, 0.15) is 0 Å². The SMILES string of the molecule is CN(C)C[C@H]1CCNC[C@@H]1O. The second-order valence-corrected chi connectivity index (χ2v) is 3.58. The highest BCUT2D eigenvalue weighted by Gasteiger charge is 2.22. The second-order valence-electron chi connectivity index (χ2n) is 3.58. The predicted molar refractivity (Wildman–Crippen MR) is 45.5 cm³/mol. The fourth-order valence-corrected chi connectivity index (χ4v) is 1.58. The fourth-order valence-electron chi connectivity index (χ4n) is 1.58. The molecule has 1 aliphatic rings. The summed E-state index contributed by atoms with van der Waals surface area (Å²) in [6, 6.07) is 0. The molecule has 0 saturated carbocycles. The number of aliphatic hydroxyl groups excluding tert-OH is 1. The number of β-amino-alcohol motifs (C(OH)–C–C–N with tert-alkyl or cyclic N) is 1. The average Bonchev–Trinajstić information content (AvgIpc) is 1.93. The van der Waals surface area contributed by atoms with Crippen molar-refractivity contribution in [3.8, 4) is 0 Å². The first kappa shape index (κ1) is 8.97. The van der Waals surface area contributed by atoms with Crippen LogP contribution < -0.4 is 5.32 Å². The molecule has 1 heterocycles. The van der Waals surface area contributed by atoms with Crippen molar-refractivity contribution >= 4 is 0 Å². The Balaban J connectivity index is 2.29. The summed E-state index contributed by atoms with van der Waals surface area (Å²) in [5.41, 5.74) is 0. The van der Waals surface area contributed by atoms with Crippen molar-refractivity contribution in [2.75, 3.05) is 33.7 Å². The summed E-state index contributed by atoms with van der Waals surface area (Å²) >= 11 is 0. The van der Waals surface area contributed by atoms with E-state index in [0.29, 0.717) is 5.92 Å². The topological polar surface area (TPSA) is 35.5 Å². The van der Waals surface area contributed by atoms with Crippen LogP contribution in [-0.4, -0.2) is 49.8 Å². The van der Waals surface area contributed by atoms with E-state index in [4.69, 9.17) is 0 Å². The van der Waals surface area contributed by atoms with Crippen LogP contribution in [0.1, 0.15) is 6.42 Å². The minimum atomic E-state index is -0.147. The van der Waals surface area contributed by atoms with Crippen LogP contribution in [0.2, 0.25) is 0 Å². The molecule has 0 unspecified atom stereocenters. The summed E-state index contributed by atoms with van der Waals surface area (Å²) in [4.78, 5) is 2.14. The van der Waals surface area contributed by atoms with Gasteiger partial charge in [0.25, 0.3) is 0 Å². The van der Waals surface area contributed by atoms with Crippen molar-refractivity contribution in [3.05, 3.63) is 0 Å². The van der Waals surface area contributed by atoms with Crippen LogP contribution in [0.4, 0.5) is 0 Å². The maximum atomic E-state index is 9.53. The first-order chi connectivity index (χ1) is 5.20. The molecule has 3 nitrogen and oxygen atoms in total. The van der Waals surface area contributed by atoms with Gasteiger partial charge in [0, 0.05) is 13.1 Å². The van der Waals surface area contributed by atoms with Crippen molar-refractivity contribution < 1.29 is 5.11 Å². The van der Waals surface area contributed by atoms with Gasteiger partial charge in [-0.15, -0.1) is 0 Å². The number of nitrogens with one attached hydrogen (secondary N) is 1. The van der Waals surface area contributed by atoms with E-state index < -0.39 is 0 Å². The Kier molecular flexibility index (Phi) is 3.30. The van der Waals surface area contributed by atoms with E-state index in [1.807, 2.05) is 0 Å². The summed E-state index contributed by atoms with van der Waals surface area (Å²) in [7, 11) is 4.10. The van der Waals surface area contributed by atoms with Gasteiger partial charge in [-0.25, -0.2) is 0 Å². The maximum Gasteiger partial charge on any atom is 0.0705 e. The van der Waals surface area contributed by atoms with E-state index in [1.165, 1.54) is 0 Å². The van der Waals surface area contributed by atoms with Gasteiger partial charge in [-0.2, -0.15) is 0 Å². The molecule has 1 saturated heterocycles. The molecule has 0 aromatic carbocycles. The maximum absolute atomic E-state index is 9.53. The summed E-state index contributed by atoms with van der Waals surface area (Å²) in [5.74, 6) is 0.464. The van der Waals surface area contributed by atoms with E-state index in [-0.39, 0.29) is 6.10 Å². The Morgan fingerprint density at radius 2 is 2.27 bits per heavy atom. The summed E-state index contributed by atoms with van der Waals surface area (Å²) in [6.45, 7) is 2.82. The van der Waals surface area contributed by atoms with E-state index in [9.17, 15) is 5.11 Å². The highest BCUT2D eigenvalue weighted by Crippen LogP contribution is 2.12. The molecule has 0 aromatic heterocycles. The van der Waals surface area contributed by atoms with Gasteiger partial charge in [-0.1, -0.05) is 0 Å². The van der Waals surface area contributed by atoms with Crippen molar-refractivity contribution in [1.82, 2.24) is 10.2 Å². The number of rotatable bonds is 2. The largest absolute Gasteiger partial charge is 0.391 e. The molecule has 0 aliphatic carbocycles. The molecule has 11 heavy (non-hydrogen) atoms. The Hall–Kier alpha value is -0.120. The lowest BCUT2D eigenvalue weighted by atomic mass is 9.95. The van der Waals surface area contributed by atoms with Crippen LogP contribution in [0.25, 0.3) is 0 Å². The molecule has 0 radical (unpaired) electrons.